The van der Waals surface area contributed by atoms with Crippen molar-refractivity contribution < 1.29 is 9.90 Å². The molecule has 0 unspecified atom stereocenters. The average molecular weight is 268 g/mol. The normalized spacial score (nSPS) is 12.2. The molecule has 0 aliphatic carbocycles. The summed E-state index contributed by atoms with van der Waals surface area (Å²) in [4.78, 5) is 12.5. The predicted molar refractivity (Wildman–Crippen MR) is 81.1 cm³/mol. The zero-order valence-corrected chi connectivity index (χ0v) is 12.4. The SMILES string of the molecule is Cc1ccc(C)c(C(=O)[C@@H](O)c2cc(C)ccc2C)c1. The number of aryl methyl sites for hydroxylation is 4. The van der Waals surface area contributed by atoms with Gasteiger partial charge in [0.1, 0.15) is 6.10 Å². The van der Waals surface area contributed by atoms with Crippen molar-refractivity contribution in [3.63, 3.8) is 0 Å². The molecule has 2 heteroatoms. The Hall–Kier alpha value is -1.93. The summed E-state index contributed by atoms with van der Waals surface area (Å²) >= 11 is 0. The number of aliphatic hydroxyl groups is 1. The van der Waals surface area contributed by atoms with Crippen LogP contribution in [0.2, 0.25) is 0 Å². The summed E-state index contributed by atoms with van der Waals surface area (Å²) in [5, 5.41) is 10.4. The Kier molecular flexibility index (Phi) is 4.05. The fraction of sp³-hybridized carbons (Fsp3) is 0.278. The fourth-order valence-electron chi connectivity index (χ4n) is 2.34. The number of hydrogen-bond donors (Lipinski definition) is 1. The Bertz CT molecular complexity index is 656. The molecule has 104 valence electrons. The van der Waals surface area contributed by atoms with E-state index < -0.39 is 6.10 Å². The lowest BCUT2D eigenvalue weighted by atomic mass is 9.92. The van der Waals surface area contributed by atoms with E-state index in [1.807, 2.05) is 64.1 Å². The van der Waals surface area contributed by atoms with Crippen LogP contribution in [-0.4, -0.2) is 10.9 Å². The van der Waals surface area contributed by atoms with E-state index in [4.69, 9.17) is 0 Å². The molecule has 20 heavy (non-hydrogen) atoms. The molecule has 2 aromatic rings. The Morgan fingerprint density at radius 1 is 0.900 bits per heavy atom. The van der Waals surface area contributed by atoms with E-state index >= 15 is 0 Å². The van der Waals surface area contributed by atoms with Gasteiger partial charge in [0.25, 0.3) is 0 Å². The highest BCUT2D eigenvalue weighted by Crippen LogP contribution is 2.24. The van der Waals surface area contributed by atoms with Gasteiger partial charge in [-0.3, -0.25) is 4.79 Å². The van der Waals surface area contributed by atoms with E-state index in [1.54, 1.807) is 0 Å². The van der Waals surface area contributed by atoms with Gasteiger partial charge in [-0.2, -0.15) is 0 Å². The lowest BCUT2D eigenvalue weighted by molar-refractivity contribution is 0.0745. The average Bonchev–Trinajstić information content (AvgIpc) is 2.42. The molecule has 0 fully saturated rings. The Labute approximate surface area is 120 Å². The molecule has 1 N–H and O–H groups in total. The minimum absolute atomic E-state index is 0.236. The molecule has 2 nitrogen and oxygen atoms in total. The van der Waals surface area contributed by atoms with Gasteiger partial charge in [0.05, 0.1) is 0 Å². The summed E-state index contributed by atoms with van der Waals surface area (Å²) in [6.45, 7) is 7.70. The molecule has 2 rings (SSSR count). The lowest BCUT2D eigenvalue weighted by Gasteiger charge is -2.15. The smallest absolute Gasteiger partial charge is 0.196 e. The Balaban J connectivity index is 2.42. The van der Waals surface area contributed by atoms with Crippen LogP contribution in [0.4, 0.5) is 0 Å². The Morgan fingerprint density at radius 2 is 1.45 bits per heavy atom. The number of hydrogen-bond acceptors (Lipinski definition) is 2. The minimum atomic E-state index is -1.10. The highest BCUT2D eigenvalue weighted by atomic mass is 16.3. The molecule has 0 radical (unpaired) electrons. The van der Waals surface area contributed by atoms with E-state index in [0.717, 1.165) is 22.3 Å². The van der Waals surface area contributed by atoms with Gasteiger partial charge in [-0.25, -0.2) is 0 Å². The molecule has 2 aromatic carbocycles. The topological polar surface area (TPSA) is 37.3 Å². The maximum Gasteiger partial charge on any atom is 0.196 e. The molecule has 0 saturated carbocycles. The monoisotopic (exact) mass is 268 g/mol. The van der Waals surface area contributed by atoms with Crippen LogP contribution in [0.5, 0.6) is 0 Å². The highest BCUT2D eigenvalue weighted by molar-refractivity contribution is 6.01. The van der Waals surface area contributed by atoms with Crippen LogP contribution >= 0.6 is 0 Å². The molecule has 0 aromatic heterocycles. The second-order valence-electron chi connectivity index (χ2n) is 5.45. The van der Waals surface area contributed by atoms with Gasteiger partial charge >= 0.3 is 0 Å². The standard InChI is InChI=1S/C18H20O2/c1-11-5-7-13(3)15(9-11)17(19)18(20)16-10-12(2)6-8-14(16)4/h5-10,17,19H,1-4H3/t17-/m0/s1. The van der Waals surface area contributed by atoms with Gasteiger partial charge in [-0.05, 0) is 50.5 Å². The van der Waals surface area contributed by atoms with Crippen molar-refractivity contribution in [3.05, 3.63) is 69.8 Å². The van der Waals surface area contributed by atoms with E-state index in [1.165, 1.54) is 0 Å². The van der Waals surface area contributed by atoms with Crippen molar-refractivity contribution in [1.82, 2.24) is 0 Å². The van der Waals surface area contributed by atoms with E-state index in [0.29, 0.717) is 11.1 Å². The van der Waals surface area contributed by atoms with Gasteiger partial charge in [0, 0.05) is 5.56 Å². The van der Waals surface area contributed by atoms with Crippen LogP contribution < -0.4 is 0 Å². The summed E-state index contributed by atoms with van der Waals surface area (Å²) in [6, 6.07) is 11.5. The maximum absolute atomic E-state index is 12.5. The molecule has 0 aliphatic rings. The molecule has 0 bridgehead atoms. The summed E-state index contributed by atoms with van der Waals surface area (Å²) < 4.78 is 0. The maximum atomic E-state index is 12.5. The predicted octanol–water partition coefficient (Wildman–Crippen LogP) is 3.84. The summed E-state index contributed by atoms with van der Waals surface area (Å²) in [6.07, 6.45) is -1.10. The highest BCUT2D eigenvalue weighted by Gasteiger charge is 2.22. The van der Waals surface area contributed by atoms with Crippen LogP contribution in [0.3, 0.4) is 0 Å². The van der Waals surface area contributed by atoms with Crippen molar-refractivity contribution in [3.8, 4) is 0 Å². The first-order valence-corrected chi connectivity index (χ1v) is 6.77. The third-order valence-corrected chi connectivity index (χ3v) is 3.64. The fourth-order valence-corrected chi connectivity index (χ4v) is 2.34. The van der Waals surface area contributed by atoms with Crippen molar-refractivity contribution >= 4 is 5.78 Å². The quantitative estimate of drug-likeness (QED) is 0.859. The van der Waals surface area contributed by atoms with Gasteiger partial charge < -0.3 is 5.11 Å². The van der Waals surface area contributed by atoms with Gasteiger partial charge in [-0.1, -0.05) is 41.5 Å². The molecular formula is C18H20O2. The number of benzene rings is 2. The third kappa shape index (κ3) is 2.81. The molecule has 0 spiro atoms. The summed E-state index contributed by atoms with van der Waals surface area (Å²) in [5.74, 6) is -0.236. The zero-order chi connectivity index (χ0) is 14.9. The number of rotatable bonds is 3. The van der Waals surface area contributed by atoms with Crippen molar-refractivity contribution in [1.29, 1.82) is 0 Å². The van der Waals surface area contributed by atoms with Gasteiger partial charge in [0.15, 0.2) is 5.78 Å². The van der Waals surface area contributed by atoms with E-state index in [9.17, 15) is 9.90 Å². The Morgan fingerprint density at radius 3 is 2.10 bits per heavy atom. The number of carbonyl (C=O) groups is 1. The molecule has 0 saturated heterocycles. The molecular weight excluding hydrogens is 248 g/mol. The zero-order valence-electron chi connectivity index (χ0n) is 12.4. The summed E-state index contributed by atoms with van der Waals surface area (Å²) in [5.41, 5.74) is 5.17. The van der Waals surface area contributed by atoms with Crippen LogP contribution in [-0.2, 0) is 0 Å². The molecule has 0 heterocycles. The molecule has 0 aliphatic heterocycles. The summed E-state index contributed by atoms with van der Waals surface area (Å²) in [7, 11) is 0. The first-order valence-electron chi connectivity index (χ1n) is 6.77. The largest absolute Gasteiger partial charge is 0.380 e. The second-order valence-corrected chi connectivity index (χ2v) is 5.45. The van der Waals surface area contributed by atoms with Gasteiger partial charge in [-0.15, -0.1) is 0 Å². The van der Waals surface area contributed by atoms with Crippen molar-refractivity contribution in [2.75, 3.05) is 0 Å². The molecule has 1 atom stereocenters. The number of aliphatic hydroxyl groups excluding tert-OH is 1. The molecule has 0 amide bonds. The third-order valence-electron chi connectivity index (χ3n) is 3.64. The number of carbonyl (C=O) groups excluding carboxylic acids is 1. The van der Waals surface area contributed by atoms with Gasteiger partial charge in [0.2, 0.25) is 0 Å². The first kappa shape index (κ1) is 14.5. The van der Waals surface area contributed by atoms with E-state index in [-0.39, 0.29) is 5.78 Å². The van der Waals surface area contributed by atoms with Crippen molar-refractivity contribution in [2.24, 2.45) is 0 Å². The van der Waals surface area contributed by atoms with Crippen LogP contribution in [0.25, 0.3) is 0 Å². The van der Waals surface area contributed by atoms with Crippen molar-refractivity contribution in [2.45, 2.75) is 33.8 Å². The second kappa shape index (κ2) is 5.59. The lowest BCUT2D eigenvalue weighted by Crippen LogP contribution is -2.15. The number of ketones is 1. The van der Waals surface area contributed by atoms with Crippen LogP contribution in [0, 0.1) is 27.7 Å². The minimum Gasteiger partial charge on any atom is -0.380 e. The van der Waals surface area contributed by atoms with Crippen LogP contribution in [0.15, 0.2) is 36.4 Å². The number of Topliss-reactive ketones (excluding diaryl/α,β-unsaturated/α-hetero) is 1. The van der Waals surface area contributed by atoms with Crippen LogP contribution in [0.1, 0.15) is 44.3 Å². The van der Waals surface area contributed by atoms with E-state index in [2.05, 4.69) is 0 Å². The first-order chi connectivity index (χ1) is 9.40.